The van der Waals surface area contributed by atoms with E-state index in [-0.39, 0.29) is 12.1 Å². The minimum absolute atomic E-state index is 0.0122. The van der Waals surface area contributed by atoms with Crippen LogP contribution in [0.3, 0.4) is 0 Å². The van der Waals surface area contributed by atoms with Crippen molar-refractivity contribution in [2.75, 3.05) is 13.1 Å². The summed E-state index contributed by atoms with van der Waals surface area (Å²) in [6.07, 6.45) is 5.06. The van der Waals surface area contributed by atoms with Gasteiger partial charge in [-0.05, 0) is 44.4 Å². The molecule has 0 bridgehead atoms. The van der Waals surface area contributed by atoms with Crippen LogP contribution in [0.15, 0.2) is 0 Å². The fourth-order valence-electron chi connectivity index (χ4n) is 2.70. The van der Waals surface area contributed by atoms with Gasteiger partial charge in [-0.3, -0.25) is 0 Å². The Labute approximate surface area is 118 Å². The van der Waals surface area contributed by atoms with Crippen LogP contribution in [0, 0.1) is 5.92 Å². The number of aliphatic carboxylic acids is 1. The first-order valence-corrected chi connectivity index (χ1v) is 7.56. The second-order valence-corrected chi connectivity index (χ2v) is 6.18. The third kappa shape index (κ3) is 3.42. The Morgan fingerprint density at radius 3 is 2.45 bits per heavy atom. The number of nitrogens with zero attached hydrogens (tertiary/aromatic N) is 1. The molecule has 6 nitrogen and oxygen atoms in total. The molecule has 3 rings (SSSR count). The molecule has 0 radical (unpaired) electrons. The van der Waals surface area contributed by atoms with E-state index >= 15 is 0 Å². The first-order chi connectivity index (χ1) is 9.63. The van der Waals surface area contributed by atoms with E-state index in [0.29, 0.717) is 31.3 Å². The lowest BCUT2D eigenvalue weighted by Crippen LogP contribution is -2.45. The van der Waals surface area contributed by atoms with Crippen molar-refractivity contribution in [1.29, 1.82) is 0 Å². The maximum Gasteiger partial charge on any atom is 0.332 e. The van der Waals surface area contributed by atoms with E-state index in [0.717, 1.165) is 19.4 Å². The van der Waals surface area contributed by atoms with Gasteiger partial charge in [-0.2, -0.15) is 0 Å². The predicted octanol–water partition coefficient (Wildman–Crippen LogP) is 1.20. The molecule has 2 unspecified atom stereocenters. The van der Waals surface area contributed by atoms with Gasteiger partial charge in [0.2, 0.25) is 0 Å². The summed E-state index contributed by atoms with van der Waals surface area (Å²) in [5, 5.41) is 11.8. The zero-order valence-electron chi connectivity index (χ0n) is 11.6. The summed E-state index contributed by atoms with van der Waals surface area (Å²) in [6, 6.07) is 0.411. The summed E-state index contributed by atoms with van der Waals surface area (Å²) < 4.78 is 5.39. The van der Waals surface area contributed by atoms with Crippen LogP contribution in [-0.2, 0) is 9.53 Å². The van der Waals surface area contributed by atoms with Crippen LogP contribution in [-0.4, -0.2) is 53.3 Å². The van der Waals surface area contributed by atoms with Crippen molar-refractivity contribution in [2.45, 2.75) is 56.8 Å². The van der Waals surface area contributed by atoms with Crippen LogP contribution >= 0.6 is 0 Å². The average molecular weight is 282 g/mol. The first-order valence-electron chi connectivity index (χ1n) is 7.56. The highest BCUT2D eigenvalue weighted by atomic mass is 16.5. The smallest absolute Gasteiger partial charge is 0.332 e. The van der Waals surface area contributed by atoms with Crippen LogP contribution in [0.5, 0.6) is 0 Å². The molecule has 0 spiro atoms. The van der Waals surface area contributed by atoms with Gasteiger partial charge >= 0.3 is 12.0 Å². The average Bonchev–Trinajstić information content (AvgIpc) is 3.32. The van der Waals surface area contributed by atoms with Gasteiger partial charge in [-0.1, -0.05) is 0 Å². The highest BCUT2D eigenvalue weighted by molar-refractivity contribution is 5.75. The van der Waals surface area contributed by atoms with E-state index in [9.17, 15) is 9.59 Å². The minimum Gasteiger partial charge on any atom is -0.479 e. The lowest BCUT2D eigenvalue weighted by molar-refractivity contribution is -0.149. The number of urea groups is 1. The Bertz CT molecular complexity index is 393. The molecule has 2 saturated carbocycles. The molecule has 20 heavy (non-hydrogen) atoms. The number of ether oxygens (including phenoxy) is 1. The van der Waals surface area contributed by atoms with Crippen molar-refractivity contribution in [3.05, 3.63) is 0 Å². The van der Waals surface area contributed by atoms with E-state index in [1.54, 1.807) is 0 Å². The molecule has 6 heteroatoms. The predicted molar refractivity (Wildman–Crippen MR) is 71.4 cm³/mol. The van der Waals surface area contributed by atoms with E-state index in [1.165, 1.54) is 12.8 Å². The van der Waals surface area contributed by atoms with Gasteiger partial charge in [-0.25, -0.2) is 9.59 Å². The van der Waals surface area contributed by atoms with Gasteiger partial charge < -0.3 is 20.1 Å². The van der Waals surface area contributed by atoms with Crippen molar-refractivity contribution in [3.63, 3.8) is 0 Å². The Morgan fingerprint density at radius 2 is 1.90 bits per heavy atom. The molecule has 2 amide bonds. The molecule has 0 aromatic rings. The third-order valence-electron chi connectivity index (χ3n) is 4.26. The normalized spacial score (nSPS) is 29.2. The molecule has 1 aliphatic heterocycles. The lowest BCUT2D eigenvalue weighted by Gasteiger charge is -2.23. The van der Waals surface area contributed by atoms with E-state index < -0.39 is 12.1 Å². The zero-order chi connectivity index (χ0) is 14.1. The van der Waals surface area contributed by atoms with Crippen molar-refractivity contribution in [1.82, 2.24) is 10.2 Å². The van der Waals surface area contributed by atoms with Crippen LogP contribution in [0.2, 0.25) is 0 Å². The molecular weight excluding hydrogens is 260 g/mol. The molecule has 3 fully saturated rings. The van der Waals surface area contributed by atoms with Gasteiger partial charge in [0.15, 0.2) is 6.10 Å². The van der Waals surface area contributed by atoms with E-state index in [4.69, 9.17) is 9.84 Å². The highest BCUT2D eigenvalue weighted by Crippen LogP contribution is 2.34. The van der Waals surface area contributed by atoms with Gasteiger partial charge in [-0.15, -0.1) is 0 Å². The van der Waals surface area contributed by atoms with Crippen molar-refractivity contribution < 1.29 is 19.4 Å². The van der Waals surface area contributed by atoms with Crippen molar-refractivity contribution in [3.8, 4) is 0 Å². The number of carboxylic acid groups (broad SMARTS) is 1. The summed E-state index contributed by atoms with van der Waals surface area (Å²) in [7, 11) is 0. The SMILES string of the molecule is O=C(O)C1CCC(CNC(=O)N(CC2CC2)C2CC2)O1. The van der Waals surface area contributed by atoms with Crippen molar-refractivity contribution in [2.24, 2.45) is 5.92 Å². The Kier molecular flexibility index (Phi) is 3.83. The summed E-state index contributed by atoms with van der Waals surface area (Å²) in [5.74, 6) is -0.215. The molecule has 2 aliphatic carbocycles. The molecule has 0 aromatic carbocycles. The summed E-state index contributed by atoms with van der Waals surface area (Å²) in [4.78, 5) is 25.0. The second kappa shape index (κ2) is 5.60. The largest absolute Gasteiger partial charge is 0.479 e. The number of carbonyl (C=O) groups is 2. The van der Waals surface area contributed by atoms with Crippen LogP contribution < -0.4 is 5.32 Å². The molecule has 2 N–H and O–H groups in total. The van der Waals surface area contributed by atoms with Gasteiger partial charge in [0.05, 0.1) is 6.10 Å². The fraction of sp³-hybridized carbons (Fsp3) is 0.857. The van der Waals surface area contributed by atoms with Gasteiger partial charge in [0.1, 0.15) is 0 Å². The maximum atomic E-state index is 12.2. The molecule has 0 aromatic heterocycles. The number of nitrogens with one attached hydrogen (secondary N) is 1. The number of carbonyl (C=O) groups excluding carboxylic acids is 1. The van der Waals surface area contributed by atoms with Crippen molar-refractivity contribution >= 4 is 12.0 Å². The summed E-state index contributed by atoms with van der Waals surface area (Å²) >= 11 is 0. The summed E-state index contributed by atoms with van der Waals surface area (Å²) in [6.45, 7) is 1.29. The molecule has 3 aliphatic rings. The number of hydrogen-bond acceptors (Lipinski definition) is 3. The Morgan fingerprint density at radius 1 is 1.15 bits per heavy atom. The maximum absolute atomic E-state index is 12.2. The molecule has 1 saturated heterocycles. The molecule has 112 valence electrons. The number of carboxylic acids is 1. The highest BCUT2D eigenvalue weighted by Gasteiger charge is 2.37. The fourth-order valence-corrected chi connectivity index (χ4v) is 2.70. The molecule has 2 atom stereocenters. The van der Waals surface area contributed by atoms with E-state index in [1.807, 2.05) is 4.90 Å². The number of amides is 2. The molecular formula is C14H22N2O4. The Hall–Kier alpha value is -1.30. The number of rotatable bonds is 6. The lowest BCUT2D eigenvalue weighted by atomic mass is 10.2. The van der Waals surface area contributed by atoms with Crippen LogP contribution in [0.4, 0.5) is 4.79 Å². The van der Waals surface area contributed by atoms with Crippen LogP contribution in [0.25, 0.3) is 0 Å². The Balaban J connectivity index is 1.42. The van der Waals surface area contributed by atoms with E-state index in [2.05, 4.69) is 5.32 Å². The second-order valence-electron chi connectivity index (χ2n) is 6.18. The number of hydrogen-bond donors (Lipinski definition) is 2. The van der Waals surface area contributed by atoms with Crippen LogP contribution in [0.1, 0.15) is 38.5 Å². The minimum atomic E-state index is -0.910. The molecule has 1 heterocycles. The topological polar surface area (TPSA) is 78.9 Å². The zero-order valence-corrected chi connectivity index (χ0v) is 11.6. The quantitative estimate of drug-likeness (QED) is 0.767. The standard InChI is InChI=1S/C14H22N2O4/c17-13(18)12-6-5-11(20-12)7-15-14(19)16(10-3-4-10)8-9-1-2-9/h9-12H,1-8H2,(H,15,19)(H,17,18). The summed E-state index contributed by atoms with van der Waals surface area (Å²) in [5.41, 5.74) is 0. The first kappa shape index (κ1) is 13.7. The monoisotopic (exact) mass is 282 g/mol. The van der Waals surface area contributed by atoms with Gasteiger partial charge in [0.25, 0.3) is 0 Å². The van der Waals surface area contributed by atoms with Gasteiger partial charge in [0, 0.05) is 19.1 Å². The third-order valence-corrected chi connectivity index (χ3v) is 4.26.